The normalized spacial score (nSPS) is 12.2. The summed E-state index contributed by atoms with van der Waals surface area (Å²) in [5, 5.41) is 11.2. The highest BCUT2D eigenvalue weighted by Gasteiger charge is 2.38. The lowest BCUT2D eigenvalue weighted by atomic mass is 9.99. The molecule has 198 valence electrons. The van der Waals surface area contributed by atoms with E-state index in [1.54, 1.807) is 36.4 Å². The Morgan fingerprint density at radius 1 is 1.03 bits per heavy atom. The standard InChI is InChI=1S/C28H30FN5O4/c1-28(2,3)30-27(36)26(19-16-18(37-4)14-15-24(19)38-5)34(22-12-8-6-10-20(22)29)25(35)17-33-23-13-9-7-11-21(23)31-32-33/h6-16,26H,17H2,1-5H3,(H,30,36)/t26-/m0/s1. The average Bonchev–Trinajstić information content (AvgIpc) is 3.29. The zero-order valence-corrected chi connectivity index (χ0v) is 21.9. The summed E-state index contributed by atoms with van der Waals surface area (Å²) in [5.74, 6) is -0.994. The Morgan fingerprint density at radius 2 is 1.74 bits per heavy atom. The van der Waals surface area contributed by atoms with Gasteiger partial charge in [-0.2, -0.15) is 0 Å². The molecule has 9 nitrogen and oxygen atoms in total. The van der Waals surface area contributed by atoms with Crippen molar-refractivity contribution in [1.82, 2.24) is 20.3 Å². The van der Waals surface area contributed by atoms with Gasteiger partial charge in [0.05, 0.1) is 25.4 Å². The molecule has 3 aromatic carbocycles. The lowest BCUT2D eigenvalue weighted by Crippen LogP contribution is -2.50. The maximum absolute atomic E-state index is 15.3. The van der Waals surface area contributed by atoms with E-state index in [0.717, 1.165) is 4.90 Å². The first-order valence-corrected chi connectivity index (χ1v) is 12.0. The van der Waals surface area contributed by atoms with Crippen LogP contribution in [0.15, 0.2) is 66.7 Å². The summed E-state index contributed by atoms with van der Waals surface area (Å²) in [4.78, 5) is 29.1. The van der Waals surface area contributed by atoms with Crippen LogP contribution >= 0.6 is 0 Å². The number of carbonyl (C=O) groups excluding carboxylic acids is 2. The van der Waals surface area contributed by atoms with Gasteiger partial charge in [0.2, 0.25) is 11.8 Å². The van der Waals surface area contributed by atoms with Gasteiger partial charge in [-0.05, 0) is 63.2 Å². The smallest absolute Gasteiger partial charge is 0.249 e. The van der Waals surface area contributed by atoms with Crippen LogP contribution in [0.2, 0.25) is 0 Å². The van der Waals surface area contributed by atoms with Crippen molar-refractivity contribution in [2.45, 2.75) is 38.9 Å². The van der Waals surface area contributed by atoms with Gasteiger partial charge in [0, 0.05) is 11.1 Å². The van der Waals surface area contributed by atoms with E-state index in [9.17, 15) is 9.59 Å². The van der Waals surface area contributed by atoms with E-state index in [1.807, 2.05) is 32.9 Å². The van der Waals surface area contributed by atoms with Crippen LogP contribution < -0.4 is 19.7 Å². The maximum Gasteiger partial charge on any atom is 0.249 e. The third kappa shape index (κ3) is 5.59. The molecule has 2 amide bonds. The molecule has 1 N–H and O–H groups in total. The second-order valence-corrected chi connectivity index (χ2v) is 9.70. The molecule has 4 aromatic rings. The highest BCUT2D eigenvalue weighted by Crippen LogP contribution is 2.37. The number of amides is 2. The molecular weight excluding hydrogens is 489 g/mol. The highest BCUT2D eigenvalue weighted by atomic mass is 19.1. The first-order chi connectivity index (χ1) is 18.1. The molecule has 10 heteroatoms. The summed E-state index contributed by atoms with van der Waals surface area (Å²) in [6.07, 6.45) is 0. The van der Waals surface area contributed by atoms with Crippen molar-refractivity contribution >= 4 is 28.5 Å². The van der Waals surface area contributed by atoms with Gasteiger partial charge in [-0.15, -0.1) is 5.10 Å². The molecule has 4 rings (SSSR count). The zero-order valence-electron chi connectivity index (χ0n) is 21.9. The molecule has 0 aliphatic rings. The summed E-state index contributed by atoms with van der Waals surface area (Å²) in [5.41, 5.74) is 0.848. The molecular formula is C28H30FN5O4. The first-order valence-electron chi connectivity index (χ1n) is 12.0. The number of nitrogens with one attached hydrogen (secondary N) is 1. The van der Waals surface area contributed by atoms with E-state index in [-0.39, 0.29) is 12.2 Å². The van der Waals surface area contributed by atoms with Crippen LogP contribution in [0, 0.1) is 5.82 Å². The predicted octanol–water partition coefficient (Wildman–Crippen LogP) is 4.28. The second kappa shape index (κ2) is 10.9. The van der Waals surface area contributed by atoms with Gasteiger partial charge in [-0.25, -0.2) is 9.07 Å². The van der Waals surface area contributed by atoms with Gasteiger partial charge in [0.15, 0.2) is 0 Å². The molecule has 0 saturated carbocycles. The number of hydrogen-bond donors (Lipinski definition) is 1. The first kappa shape index (κ1) is 26.6. The quantitative estimate of drug-likeness (QED) is 0.373. The molecule has 0 saturated heterocycles. The largest absolute Gasteiger partial charge is 0.497 e. The Balaban J connectivity index is 1.91. The van der Waals surface area contributed by atoms with Crippen molar-refractivity contribution < 1.29 is 23.5 Å². The minimum atomic E-state index is -1.31. The van der Waals surface area contributed by atoms with E-state index in [4.69, 9.17) is 9.47 Å². The van der Waals surface area contributed by atoms with E-state index >= 15 is 4.39 Å². The Hall–Kier alpha value is -4.47. The van der Waals surface area contributed by atoms with Crippen LogP contribution in [-0.4, -0.2) is 46.6 Å². The lowest BCUT2D eigenvalue weighted by molar-refractivity contribution is -0.128. The van der Waals surface area contributed by atoms with Crippen LogP contribution in [-0.2, 0) is 16.1 Å². The molecule has 1 heterocycles. The van der Waals surface area contributed by atoms with Gasteiger partial charge in [-0.1, -0.05) is 29.5 Å². The van der Waals surface area contributed by atoms with Crippen molar-refractivity contribution in [1.29, 1.82) is 0 Å². The molecule has 0 fully saturated rings. The van der Waals surface area contributed by atoms with Crippen molar-refractivity contribution in [2.24, 2.45) is 0 Å². The summed E-state index contributed by atoms with van der Waals surface area (Å²) in [7, 11) is 2.95. The van der Waals surface area contributed by atoms with Crippen molar-refractivity contribution in [2.75, 3.05) is 19.1 Å². The molecule has 0 spiro atoms. The van der Waals surface area contributed by atoms with Gasteiger partial charge < -0.3 is 14.8 Å². The van der Waals surface area contributed by atoms with E-state index < -0.39 is 29.2 Å². The number of nitrogens with zero attached hydrogens (tertiary/aromatic N) is 4. The number of ether oxygens (including phenoxy) is 2. The topological polar surface area (TPSA) is 98.6 Å². The van der Waals surface area contributed by atoms with Gasteiger partial charge in [-0.3, -0.25) is 14.5 Å². The molecule has 0 bridgehead atoms. The van der Waals surface area contributed by atoms with E-state index in [1.165, 1.54) is 37.1 Å². The van der Waals surface area contributed by atoms with Crippen LogP contribution in [0.1, 0.15) is 32.4 Å². The third-order valence-corrected chi connectivity index (χ3v) is 5.82. The predicted molar refractivity (Wildman–Crippen MR) is 142 cm³/mol. The lowest BCUT2D eigenvalue weighted by Gasteiger charge is -2.34. The van der Waals surface area contributed by atoms with Crippen LogP contribution in [0.5, 0.6) is 11.5 Å². The number of carbonyl (C=O) groups is 2. The number of halogens is 1. The second-order valence-electron chi connectivity index (χ2n) is 9.70. The Morgan fingerprint density at radius 3 is 2.42 bits per heavy atom. The molecule has 38 heavy (non-hydrogen) atoms. The number of methoxy groups -OCH3 is 2. The fourth-order valence-electron chi connectivity index (χ4n) is 4.19. The van der Waals surface area contributed by atoms with Gasteiger partial charge in [0.1, 0.15) is 35.4 Å². The summed E-state index contributed by atoms with van der Waals surface area (Å²) < 4.78 is 27.7. The number of benzene rings is 3. The van der Waals surface area contributed by atoms with Crippen molar-refractivity contribution in [3.8, 4) is 11.5 Å². The van der Waals surface area contributed by atoms with E-state index in [2.05, 4.69) is 15.6 Å². The van der Waals surface area contributed by atoms with Crippen molar-refractivity contribution in [3.63, 3.8) is 0 Å². The highest BCUT2D eigenvalue weighted by molar-refractivity contribution is 6.02. The molecule has 1 aromatic heterocycles. The Labute approximate surface area is 220 Å². The fourth-order valence-corrected chi connectivity index (χ4v) is 4.19. The summed E-state index contributed by atoms with van der Waals surface area (Å²) in [6, 6.07) is 16.6. The average molecular weight is 520 g/mol. The Kier molecular flexibility index (Phi) is 7.61. The molecule has 0 aliphatic carbocycles. The van der Waals surface area contributed by atoms with Gasteiger partial charge >= 0.3 is 0 Å². The van der Waals surface area contributed by atoms with Crippen LogP contribution in [0.25, 0.3) is 11.0 Å². The fraction of sp³-hybridized carbons (Fsp3) is 0.286. The number of para-hydroxylation sites is 2. The zero-order chi connectivity index (χ0) is 27.4. The van der Waals surface area contributed by atoms with Crippen LogP contribution in [0.4, 0.5) is 10.1 Å². The Bertz CT molecular complexity index is 1460. The number of rotatable bonds is 8. The monoisotopic (exact) mass is 519 g/mol. The third-order valence-electron chi connectivity index (χ3n) is 5.82. The molecule has 0 unspecified atom stereocenters. The van der Waals surface area contributed by atoms with Crippen LogP contribution in [0.3, 0.4) is 0 Å². The maximum atomic E-state index is 15.3. The number of anilines is 1. The number of hydrogen-bond acceptors (Lipinski definition) is 6. The van der Waals surface area contributed by atoms with E-state index in [0.29, 0.717) is 28.1 Å². The minimum absolute atomic E-state index is 0.0687. The number of fused-ring (bicyclic) bond motifs is 1. The minimum Gasteiger partial charge on any atom is -0.497 e. The van der Waals surface area contributed by atoms with Crippen molar-refractivity contribution in [3.05, 3.63) is 78.1 Å². The van der Waals surface area contributed by atoms with Gasteiger partial charge in [0.25, 0.3) is 0 Å². The molecule has 0 aliphatic heterocycles. The SMILES string of the molecule is COc1ccc(OC)c([C@@H](C(=O)NC(C)(C)C)N(C(=O)Cn2nnc3ccccc32)c2ccccc2F)c1. The summed E-state index contributed by atoms with van der Waals surface area (Å²) >= 11 is 0. The summed E-state index contributed by atoms with van der Waals surface area (Å²) in [6.45, 7) is 5.17. The molecule has 0 radical (unpaired) electrons. The molecule has 1 atom stereocenters. The number of aromatic nitrogens is 3.